The molecule has 0 atom stereocenters. The first-order valence-electron chi connectivity index (χ1n) is 6.41. The number of aryl methyl sites for hydroxylation is 1. The Hall–Kier alpha value is -1.55. The first-order valence-corrected chi connectivity index (χ1v) is 6.41. The summed E-state index contributed by atoms with van der Waals surface area (Å²) in [6.07, 6.45) is 2.16. The monoisotopic (exact) mass is 249 g/mol. The predicted molar refractivity (Wildman–Crippen MR) is 76.4 cm³/mol. The van der Waals surface area contributed by atoms with Gasteiger partial charge >= 0.3 is 0 Å². The summed E-state index contributed by atoms with van der Waals surface area (Å²) in [6, 6.07) is 5.92. The molecule has 0 radical (unpaired) electrons. The first-order chi connectivity index (χ1) is 8.60. The number of aliphatic hydroxyl groups is 1. The van der Waals surface area contributed by atoms with Crippen LogP contribution in [0.1, 0.15) is 30.9 Å². The molecular formula is C14H23N3O. The second kappa shape index (κ2) is 7.01. The van der Waals surface area contributed by atoms with Crippen LogP contribution >= 0.6 is 0 Å². The number of unbranched alkanes of at least 4 members (excludes halogenated alkanes) is 1. The summed E-state index contributed by atoms with van der Waals surface area (Å²) in [5, 5.41) is 16.8. The Labute approximate surface area is 109 Å². The van der Waals surface area contributed by atoms with Crippen molar-refractivity contribution >= 4 is 11.5 Å². The van der Waals surface area contributed by atoms with Gasteiger partial charge in [0.2, 0.25) is 0 Å². The molecule has 0 aliphatic rings. The second-order valence-electron chi connectivity index (χ2n) is 4.50. The fourth-order valence-corrected chi connectivity index (χ4v) is 1.96. The van der Waals surface area contributed by atoms with Crippen LogP contribution in [0.2, 0.25) is 0 Å². The average molecular weight is 249 g/mol. The minimum atomic E-state index is 0.0770. The van der Waals surface area contributed by atoms with Gasteiger partial charge in [-0.3, -0.25) is 5.41 Å². The van der Waals surface area contributed by atoms with Gasteiger partial charge in [0.05, 0.1) is 6.61 Å². The third-order valence-electron chi connectivity index (χ3n) is 2.93. The third-order valence-corrected chi connectivity index (χ3v) is 2.93. The molecule has 0 aliphatic carbocycles. The number of hydrogen-bond acceptors (Lipinski definition) is 3. The zero-order chi connectivity index (χ0) is 13.5. The molecule has 0 aromatic heterocycles. The number of nitrogens with two attached hydrogens (primary N) is 1. The van der Waals surface area contributed by atoms with Crippen molar-refractivity contribution in [2.75, 3.05) is 24.6 Å². The van der Waals surface area contributed by atoms with Crippen LogP contribution in [0.4, 0.5) is 5.69 Å². The Morgan fingerprint density at radius 3 is 2.67 bits per heavy atom. The highest BCUT2D eigenvalue weighted by atomic mass is 16.3. The average Bonchev–Trinajstić information content (AvgIpc) is 2.34. The smallest absolute Gasteiger partial charge is 0.124 e. The van der Waals surface area contributed by atoms with E-state index in [1.54, 1.807) is 0 Å². The van der Waals surface area contributed by atoms with Gasteiger partial charge in [-0.15, -0.1) is 0 Å². The maximum Gasteiger partial charge on any atom is 0.124 e. The van der Waals surface area contributed by atoms with Crippen molar-refractivity contribution in [2.24, 2.45) is 5.73 Å². The van der Waals surface area contributed by atoms with E-state index in [1.165, 1.54) is 0 Å². The molecule has 4 nitrogen and oxygen atoms in total. The molecule has 0 bridgehead atoms. The fraction of sp³-hybridized carbons (Fsp3) is 0.500. The molecular weight excluding hydrogens is 226 g/mol. The zero-order valence-electron chi connectivity index (χ0n) is 11.2. The largest absolute Gasteiger partial charge is 0.395 e. The van der Waals surface area contributed by atoms with E-state index in [-0.39, 0.29) is 12.4 Å². The molecule has 1 rings (SSSR count). The van der Waals surface area contributed by atoms with Gasteiger partial charge in [-0.25, -0.2) is 0 Å². The number of anilines is 1. The van der Waals surface area contributed by atoms with Gasteiger partial charge in [-0.1, -0.05) is 25.0 Å². The molecule has 0 saturated carbocycles. The Balaban J connectivity index is 3.05. The number of aliphatic hydroxyl groups excluding tert-OH is 1. The molecule has 100 valence electrons. The van der Waals surface area contributed by atoms with Crippen LogP contribution in [0.15, 0.2) is 18.2 Å². The highest BCUT2D eigenvalue weighted by Crippen LogP contribution is 2.22. The lowest BCUT2D eigenvalue weighted by atomic mass is 10.1. The number of hydrogen-bond donors (Lipinski definition) is 3. The van der Waals surface area contributed by atoms with E-state index in [1.807, 2.05) is 25.1 Å². The Morgan fingerprint density at radius 1 is 1.39 bits per heavy atom. The number of benzene rings is 1. The summed E-state index contributed by atoms with van der Waals surface area (Å²) in [4.78, 5) is 2.10. The first kappa shape index (κ1) is 14.5. The molecule has 4 N–H and O–H groups in total. The molecule has 4 heteroatoms. The van der Waals surface area contributed by atoms with Gasteiger partial charge in [0.1, 0.15) is 5.84 Å². The van der Waals surface area contributed by atoms with Crippen LogP contribution in [0.3, 0.4) is 0 Å². The highest BCUT2D eigenvalue weighted by molar-refractivity contribution is 6.00. The number of nitrogen functional groups attached to an aromatic ring is 1. The molecule has 18 heavy (non-hydrogen) atoms. The van der Waals surface area contributed by atoms with E-state index in [2.05, 4.69) is 11.8 Å². The van der Waals surface area contributed by atoms with Crippen LogP contribution in [0.5, 0.6) is 0 Å². The lowest BCUT2D eigenvalue weighted by molar-refractivity contribution is 0.301. The normalized spacial score (nSPS) is 10.4. The molecule has 0 fully saturated rings. The van der Waals surface area contributed by atoms with Crippen LogP contribution in [0.25, 0.3) is 0 Å². The van der Waals surface area contributed by atoms with Crippen LogP contribution in [-0.4, -0.2) is 30.6 Å². The molecule has 0 unspecified atom stereocenters. The van der Waals surface area contributed by atoms with Gasteiger partial charge < -0.3 is 15.7 Å². The summed E-state index contributed by atoms with van der Waals surface area (Å²) in [6.45, 7) is 5.68. The van der Waals surface area contributed by atoms with Gasteiger partial charge in [0.25, 0.3) is 0 Å². The fourth-order valence-electron chi connectivity index (χ4n) is 1.96. The zero-order valence-corrected chi connectivity index (χ0v) is 11.2. The van der Waals surface area contributed by atoms with Crippen molar-refractivity contribution in [3.63, 3.8) is 0 Å². The molecule has 1 aromatic carbocycles. The number of nitrogens with one attached hydrogen (secondary N) is 1. The standard InChI is InChI=1S/C14H23N3O/c1-3-4-7-17(8-9-18)13-6-5-11(2)10-12(13)14(15)16/h5-6,10,18H,3-4,7-9H2,1-2H3,(H3,15,16). The van der Waals surface area contributed by atoms with E-state index in [0.29, 0.717) is 6.54 Å². The van der Waals surface area contributed by atoms with E-state index < -0.39 is 0 Å². The van der Waals surface area contributed by atoms with Crippen molar-refractivity contribution in [1.29, 1.82) is 5.41 Å². The Kier molecular flexibility index (Phi) is 5.65. The quantitative estimate of drug-likeness (QED) is 0.510. The van der Waals surface area contributed by atoms with Crippen molar-refractivity contribution in [3.05, 3.63) is 29.3 Å². The van der Waals surface area contributed by atoms with Gasteiger partial charge in [-0.05, 0) is 25.5 Å². The van der Waals surface area contributed by atoms with Crippen molar-refractivity contribution in [1.82, 2.24) is 0 Å². The Morgan fingerprint density at radius 2 is 2.11 bits per heavy atom. The molecule has 0 aliphatic heterocycles. The van der Waals surface area contributed by atoms with Crippen molar-refractivity contribution < 1.29 is 5.11 Å². The van der Waals surface area contributed by atoms with Gasteiger partial charge in [-0.2, -0.15) is 0 Å². The van der Waals surface area contributed by atoms with Crippen LogP contribution in [-0.2, 0) is 0 Å². The Bertz CT molecular complexity index is 404. The van der Waals surface area contributed by atoms with E-state index in [0.717, 1.165) is 36.2 Å². The summed E-state index contributed by atoms with van der Waals surface area (Å²) in [7, 11) is 0. The van der Waals surface area contributed by atoms with Gasteiger partial charge in [0.15, 0.2) is 0 Å². The lowest BCUT2D eigenvalue weighted by Crippen LogP contribution is -2.30. The van der Waals surface area contributed by atoms with Gasteiger partial charge in [0, 0.05) is 24.3 Å². The second-order valence-corrected chi connectivity index (χ2v) is 4.50. The molecule has 0 amide bonds. The predicted octanol–water partition coefficient (Wildman–Crippen LogP) is 1.88. The number of amidine groups is 1. The lowest BCUT2D eigenvalue weighted by Gasteiger charge is -2.26. The molecule has 0 saturated heterocycles. The minimum absolute atomic E-state index is 0.0770. The summed E-state index contributed by atoms with van der Waals surface area (Å²) in [5.74, 6) is 0.0770. The van der Waals surface area contributed by atoms with Crippen molar-refractivity contribution in [2.45, 2.75) is 26.7 Å². The van der Waals surface area contributed by atoms with Crippen LogP contribution in [0, 0.1) is 12.3 Å². The van der Waals surface area contributed by atoms with Crippen LogP contribution < -0.4 is 10.6 Å². The molecule has 1 aromatic rings. The van der Waals surface area contributed by atoms with E-state index in [4.69, 9.17) is 16.2 Å². The molecule has 0 heterocycles. The SMILES string of the molecule is CCCCN(CCO)c1ccc(C)cc1C(=N)N. The number of nitrogens with zero attached hydrogens (tertiary/aromatic N) is 1. The molecule has 0 spiro atoms. The third kappa shape index (κ3) is 3.74. The minimum Gasteiger partial charge on any atom is -0.395 e. The highest BCUT2D eigenvalue weighted by Gasteiger charge is 2.12. The number of rotatable bonds is 7. The van der Waals surface area contributed by atoms with Crippen molar-refractivity contribution in [3.8, 4) is 0 Å². The summed E-state index contributed by atoms with van der Waals surface area (Å²) >= 11 is 0. The topological polar surface area (TPSA) is 73.3 Å². The summed E-state index contributed by atoms with van der Waals surface area (Å²) < 4.78 is 0. The summed E-state index contributed by atoms with van der Waals surface area (Å²) in [5.41, 5.74) is 8.42. The van der Waals surface area contributed by atoms with E-state index in [9.17, 15) is 0 Å². The maximum absolute atomic E-state index is 9.15. The van der Waals surface area contributed by atoms with E-state index >= 15 is 0 Å². The maximum atomic E-state index is 9.15.